The highest BCUT2D eigenvalue weighted by Gasteiger charge is 2.16. The van der Waals surface area contributed by atoms with Crippen LogP contribution >= 0.6 is 0 Å². The number of esters is 1. The quantitative estimate of drug-likeness (QED) is 0.268. The van der Waals surface area contributed by atoms with Crippen LogP contribution in [0.3, 0.4) is 0 Å². The molecule has 0 N–H and O–H groups in total. The van der Waals surface area contributed by atoms with Gasteiger partial charge in [-0.05, 0) is 12.5 Å². The summed E-state index contributed by atoms with van der Waals surface area (Å²) >= 11 is 0. The molecule has 0 aliphatic carbocycles. The zero-order chi connectivity index (χ0) is 16.9. The van der Waals surface area contributed by atoms with E-state index in [1.54, 1.807) is 19.1 Å². The van der Waals surface area contributed by atoms with Crippen molar-refractivity contribution in [2.75, 3.05) is 19.8 Å². The fraction of sp³-hybridized carbons (Fsp3) is 0.316. The summed E-state index contributed by atoms with van der Waals surface area (Å²) < 4.78 is 16.3. The molecule has 0 bridgehead atoms. The molecule has 1 atom stereocenters. The molecule has 0 heterocycles. The minimum Gasteiger partial charge on any atom is -0.494 e. The topological polar surface area (TPSA) is 44.8 Å². The molecule has 0 aromatic heterocycles. The van der Waals surface area contributed by atoms with Crippen LogP contribution in [-0.2, 0) is 19.0 Å². The van der Waals surface area contributed by atoms with Gasteiger partial charge in [-0.25, -0.2) is 4.79 Å². The first-order valence-electron chi connectivity index (χ1n) is 7.59. The third-order valence-corrected chi connectivity index (χ3v) is 2.93. The lowest BCUT2D eigenvalue weighted by atomic mass is 10.1. The number of hydrogen-bond acceptors (Lipinski definition) is 4. The van der Waals surface area contributed by atoms with Gasteiger partial charge < -0.3 is 14.2 Å². The summed E-state index contributed by atoms with van der Waals surface area (Å²) in [6.07, 6.45) is 4.86. The van der Waals surface area contributed by atoms with Crippen molar-refractivity contribution in [2.24, 2.45) is 0 Å². The number of rotatable bonds is 11. The standard InChI is InChI=1S/C19H24O4/c1-4-12-22-17(15-19(20)21-6-3)14-18(23-13-5-2)16-10-8-7-9-11-16/h4-5,7-11,15,18H,1-2,6,12-14H2,3H3/b17-15+. The van der Waals surface area contributed by atoms with Crippen LogP contribution in [0.4, 0.5) is 0 Å². The predicted molar refractivity (Wildman–Crippen MR) is 90.8 cm³/mol. The first kappa shape index (κ1) is 18.7. The lowest BCUT2D eigenvalue weighted by molar-refractivity contribution is -0.137. The molecule has 0 amide bonds. The average molecular weight is 316 g/mol. The van der Waals surface area contributed by atoms with Crippen LogP contribution in [0, 0.1) is 0 Å². The van der Waals surface area contributed by atoms with Crippen LogP contribution < -0.4 is 0 Å². The Morgan fingerprint density at radius 1 is 1.13 bits per heavy atom. The van der Waals surface area contributed by atoms with Gasteiger partial charge in [-0.2, -0.15) is 0 Å². The molecule has 1 aromatic carbocycles. The highest BCUT2D eigenvalue weighted by molar-refractivity contribution is 5.82. The molecule has 0 radical (unpaired) electrons. The number of ether oxygens (including phenoxy) is 3. The van der Waals surface area contributed by atoms with Crippen molar-refractivity contribution in [1.82, 2.24) is 0 Å². The largest absolute Gasteiger partial charge is 0.494 e. The lowest BCUT2D eigenvalue weighted by Gasteiger charge is -2.19. The summed E-state index contributed by atoms with van der Waals surface area (Å²) in [6, 6.07) is 9.78. The Morgan fingerprint density at radius 2 is 1.83 bits per heavy atom. The Morgan fingerprint density at radius 3 is 2.43 bits per heavy atom. The molecule has 1 rings (SSSR count). The molecule has 0 saturated heterocycles. The van der Waals surface area contributed by atoms with Gasteiger partial charge in [0.1, 0.15) is 12.4 Å². The number of hydrogen-bond donors (Lipinski definition) is 0. The van der Waals surface area contributed by atoms with E-state index < -0.39 is 5.97 Å². The Bertz CT molecular complexity index is 519. The van der Waals surface area contributed by atoms with Gasteiger partial charge in [0.2, 0.25) is 0 Å². The van der Waals surface area contributed by atoms with E-state index in [1.165, 1.54) is 6.08 Å². The van der Waals surface area contributed by atoms with E-state index in [9.17, 15) is 4.79 Å². The monoisotopic (exact) mass is 316 g/mol. The second-order valence-corrected chi connectivity index (χ2v) is 4.69. The van der Waals surface area contributed by atoms with Gasteiger partial charge in [-0.15, -0.1) is 6.58 Å². The number of carbonyl (C=O) groups is 1. The maximum absolute atomic E-state index is 11.7. The second-order valence-electron chi connectivity index (χ2n) is 4.69. The zero-order valence-electron chi connectivity index (χ0n) is 13.6. The van der Waals surface area contributed by atoms with E-state index >= 15 is 0 Å². The number of benzene rings is 1. The van der Waals surface area contributed by atoms with Gasteiger partial charge >= 0.3 is 5.97 Å². The van der Waals surface area contributed by atoms with Crippen LogP contribution in [0.15, 0.2) is 67.5 Å². The molecular weight excluding hydrogens is 292 g/mol. The fourth-order valence-electron chi connectivity index (χ4n) is 1.95. The lowest BCUT2D eigenvalue weighted by Crippen LogP contribution is -2.10. The van der Waals surface area contributed by atoms with Gasteiger partial charge in [0.05, 0.1) is 25.4 Å². The summed E-state index contributed by atoms with van der Waals surface area (Å²) in [5.41, 5.74) is 1.01. The van der Waals surface area contributed by atoms with Crippen molar-refractivity contribution in [3.63, 3.8) is 0 Å². The van der Waals surface area contributed by atoms with Gasteiger partial charge in [-0.1, -0.05) is 49.1 Å². The molecule has 0 aliphatic heterocycles. The van der Waals surface area contributed by atoms with E-state index in [1.807, 2.05) is 30.3 Å². The Balaban J connectivity index is 2.91. The molecule has 0 saturated carbocycles. The average Bonchev–Trinajstić information content (AvgIpc) is 2.57. The third-order valence-electron chi connectivity index (χ3n) is 2.93. The van der Waals surface area contributed by atoms with Crippen molar-refractivity contribution in [3.8, 4) is 0 Å². The SMILES string of the molecule is C=CCO/C(=C/C(=O)OCC)CC(OCC=C)c1ccccc1. The maximum atomic E-state index is 11.7. The summed E-state index contributed by atoms with van der Waals surface area (Å²) in [6.45, 7) is 10.1. The van der Waals surface area contributed by atoms with Crippen molar-refractivity contribution < 1.29 is 19.0 Å². The van der Waals surface area contributed by atoms with E-state index in [0.717, 1.165) is 5.56 Å². The van der Waals surface area contributed by atoms with E-state index in [0.29, 0.717) is 32.0 Å². The highest BCUT2D eigenvalue weighted by atomic mass is 16.5. The highest BCUT2D eigenvalue weighted by Crippen LogP contribution is 2.25. The summed E-state index contributed by atoms with van der Waals surface area (Å²) in [5, 5.41) is 0. The van der Waals surface area contributed by atoms with Crippen LogP contribution in [0.1, 0.15) is 25.0 Å². The molecule has 0 spiro atoms. The molecule has 0 aliphatic rings. The van der Waals surface area contributed by atoms with Crippen molar-refractivity contribution >= 4 is 5.97 Å². The first-order chi connectivity index (χ1) is 11.2. The maximum Gasteiger partial charge on any atom is 0.334 e. The summed E-state index contributed by atoms with van der Waals surface area (Å²) in [7, 11) is 0. The number of carbonyl (C=O) groups excluding carboxylic acids is 1. The fourth-order valence-corrected chi connectivity index (χ4v) is 1.95. The van der Waals surface area contributed by atoms with E-state index in [-0.39, 0.29) is 6.10 Å². The smallest absolute Gasteiger partial charge is 0.334 e. The Kier molecular flexibility index (Phi) is 9.17. The molecule has 23 heavy (non-hydrogen) atoms. The van der Waals surface area contributed by atoms with Crippen molar-refractivity contribution in [2.45, 2.75) is 19.4 Å². The van der Waals surface area contributed by atoms with Crippen LogP contribution in [0.25, 0.3) is 0 Å². The minimum absolute atomic E-state index is 0.236. The van der Waals surface area contributed by atoms with Crippen molar-refractivity contribution in [3.05, 3.63) is 73.0 Å². The van der Waals surface area contributed by atoms with Gasteiger partial charge in [0.15, 0.2) is 0 Å². The van der Waals surface area contributed by atoms with Crippen molar-refractivity contribution in [1.29, 1.82) is 0 Å². The molecule has 0 fully saturated rings. The molecule has 1 aromatic rings. The molecular formula is C19H24O4. The normalized spacial score (nSPS) is 12.3. The minimum atomic E-state index is -0.429. The molecule has 124 valence electrons. The molecule has 4 heteroatoms. The van der Waals surface area contributed by atoms with Gasteiger partial charge in [-0.3, -0.25) is 0 Å². The molecule has 1 unspecified atom stereocenters. The van der Waals surface area contributed by atoms with Gasteiger partial charge in [0, 0.05) is 6.42 Å². The van der Waals surface area contributed by atoms with Crippen LogP contribution in [0.5, 0.6) is 0 Å². The third kappa shape index (κ3) is 7.47. The first-order valence-corrected chi connectivity index (χ1v) is 7.59. The predicted octanol–water partition coefficient (Wildman–Crippen LogP) is 3.97. The zero-order valence-corrected chi connectivity index (χ0v) is 13.6. The summed E-state index contributed by atoms with van der Waals surface area (Å²) in [4.78, 5) is 11.7. The second kappa shape index (κ2) is 11.3. The summed E-state index contributed by atoms with van der Waals surface area (Å²) in [5.74, 6) is 0.0726. The Hall–Kier alpha value is -2.33. The molecule has 4 nitrogen and oxygen atoms in total. The van der Waals surface area contributed by atoms with Gasteiger partial charge in [0.25, 0.3) is 0 Å². The van der Waals surface area contributed by atoms with Crippen LogP contribution in [-0.4, -0.2) is 25.8 Å². The van der Waals surface area contributed by atoms with E-state index in [4.69, 9.17) is 14.2 Å². The Labute approximate surface area is 138 Å². The van der Waals surface area contributed by atoms with E-state index in [2.05, 4.69) is 13.2 Å². The van der Waals surface area contributed by atoms with Crippen LogP contribution in [0.2, 0.25) is 0 Å².